The van der Waals surface area contributed by atoms with Gasteiger partial charge in [0.1, 0.15) is 6.10 Å². The van der Waals surface area contributed by atoms with Gasteiger partial charge in [0.2, 0.25) is 0 Å². The Morgan fingerprint density at radius 2 is 2.23 bits per heavy atom. The highest BCUT2D eigenvalue weighted by molar-refractivity contribution is 5.81. The second-order valence-electron chi connectivity index (χ2n) is 3.79. The number of methoxy groups -OCH3 is 1. The van der Waals surface area contributed by atoms with Crippen LogP contribution in [0.25, 0.3) is 0 Å². The van der Waals surface area contributed by atoms with Crippen LogP contribution in [0.15, 0.2) is 0 Å². The lowest BCUT2D eigenvalue weighted by atomic mass is 9.88. The molecule has 1 aliphatic rings. The number of rotatable bonds is 3. The molecular weight excluding hydrogens is 168 g/mol. The maximum Gasteiger partial charge on any atom is 0.251 e. The van der Waals surface area contributed by atoms with Gasteiger partial charge in [-0.2, -0.15) is 0 Å². The third-order valence-electron chi connectivity index (χ3n) is 2.73. The predicted molar refractivity (Wildman–Crippen MR) is 50.3 cm³/mol. The Hall–Kier alpha value is -0.610. The van der Waals surface area contributed by atoms with Crippen LogP contribution in [0.2, 0.25) is 0 Å². The standard InChI is InChI=1S/C9H18N2O2/c1-4-9(10)5-11(6-9)8(12)7(2)13-3/h7H,4-6,10H2,1-3H3. The Labute approximate surface area is 79.0 Å². The molecule has 2 N–H and O–H groups in total. The van der Waals surface area contributed by atoms with Gasteiger partial charge in [-0.05, 0) is 13.3 Å². The van der Waals surface area contributed by atoms with Crippen LogP contribution in [0.3, 0.4) is 0 Å². The molecule has 1 rings (SSSR count). The van der Waals surface area contributed by atoms with Crippen molar-refractivity contribution < 1.29 is 9.53 Å². The van der Waals surface area contributed by atoms with Crippen molar-refractivity contribution in [2.24, 2.45) is 5.73 Å². The van der Waals surface area contributed by atoms with Crippen LogP contribution in [-0.4, -0.2) is 42.6 Å². The number of likely N-dealkylation sites (tertiary alicyclic amines) is 1. The first-order valence-electron chi connectivity index (χ1n) is 4.63. The van der Waals surface area contributed by atoms with Crippen LogP contribution in [0, 0.1) is 0 Å². The van der Waals surface area contributed by atoms with E-state index in [-0.39, 0.29) is 17.6 Å². The topological polar surface area (TPSA) is 55.6 Å². The quantitative estimate of drug-likeness (QED) is 0.673. The van der Waals surface area contributed by atoms with Gasteiger partial charge in [0.05, 0.1) is 5.54 Å². The van der Waals surface area contributed by atoms with Crippen LogP contribution >= 0.6 is 0 Å². The first kappa shape index (κ1) is 10.5. The summed E-state index contributed by atoms with van der Waals surface area (Å²) in [7, 11) is 1.54. The highest BCUT2D eigenvalue weighted by atomic mass is 16.5. The lowest BCUT2D eigenvalue weighted by molar-refractivity contribution is -0.148. The van der Waals surface area contributed by atoms with Gasteiger partial charge in [0.25, 0.3) is 5.91 Å². The number of carbonyl (C=O) groups is 1. The SMILES string of the molecule is CCC1(N)CN(C(=O)C(C)OC)C1. The minimum absolute atomic E-state index is 0.0389. The monoisotopic (exact) mass is 186 g/mol. The van der Waals surface area contributed by atoms with Gasteiger partial charge in [-0.15, -0.1) is 0 Å². The lowest BCUT2D eigenvalue weighted by Gasteiger charge is -2.48. The third kappa shape index (κ3) is 2.00. The summed E-state index contributed by atoms with van der Waals surface area (Å²) in [5, 5.41) is 0. The van der Waals surface area contributed by atoms with Crippen molar-refractivity contribution in [3.05, 3.63) is 0 Å². The van der Waals surface area contributed by atoms with E-state index in [0.29, 0.717) is 13.1 Å². The first-order chi connectivity index (χ1) is 6.02. The summed E-state index contributed by atoms with van der Waals surface area (Å²) in [5.41, 5.74) is 5.79. The fourth-order valence-corrected chi connectivity index (χ4v) is 1.45. The third-order valence-corrected chi connectivity index (χ3v) is 2.73. The number of nitrogens with two attached hydrogens (primary N) is 1. The maximum absolute atomic E-state index is 11.5. The fraction of sp³-hybridized carbons (Fsp3) is 0.889. The van der Waals surface area contributed by atoms with E-state index in [1.165, 1.54) is 7.11 Å². The van der Waals surface area contributed by atoms with Crippen molar-refractivity contribution >= 4 is 5.91 Å². The molecule has 0 aliphatic carbocycles. The highest BCUT2D eigenvalue weighted by Crippen LogP contribution is 2.22. The molecule has 1 heterocycles. The molecule has 4 nitrogen and oxygen atoms in total. The van der Waals surface area contributed by atoms with Gasteiger partial charge in [-0.25, -0.2) is 0 Å². The smallest absolute Gasteiger partial charge is 0.251 e. The molecule has 1 unspecified atom stereocenters. The van der Waals surface area contributed by atoms with Crippen LogP contribution < -0.4 is 5.73 Å². The van der Waals surface area contributed by atoms with Crippen molar-refractivity contribution in [2.45, 2.75) is 31.9 Å². The zero-order valence-corrected chi connectivity index (χ0v) is 8.54. The molecule has 0 aromatic heterocycles. The molecule has 1 fully saturated rings. The van der Waals surface area contributed by atoms with Crippen LogP contribution in [0.5, 0.6) is 0 Å². The summed E-state index contributed by atoms with van der Waals surface area (Å²) in [6.45, 7) is 5.12. The predicted octanol–water partition coefficient (Wildman–Crippen LogP) is -0.0290. The van der Waals surface area contributed by atoms with Crippen molar-refractivity contribution in [1.82, 2.24) is 4.90 Å². The number of carbonyl (C=O) groups excluding carboxylic acids is 1. The van der Waals surface area contributed by atoms with Crippen molar-refractivity contribution in [3.63, 3.8) is 0 Å². The van der Waals surface area contributed by atoms with Crippen LogP contribution in [0.1, 0.15) is 20.3 Å². The zero-order chi connectivity index (χ0) is 10.1. The number of ether oxygens (including phenoxy) is 1. The van der Waals surface area contributed by atoms with Gasteiger partial charge in [0, 0.05) is 20.2 Å². The summed E-state index contributed by atoms with van der Waals surface area (Å²) in [4.78, 5) is 13.3. The number of amides is 1. The number of nitrogens with zero attached hydrogens (tertiary/aromatic N) is 1. The highest BCUT2D eigenvalue weighted by Gasteiger charge is 2.41. The Bertz CT molecular complexity index is 200. The Morgan fingerprint density at radius 1 is 1.69 bits per heavy atom. The van der Waals surface area contributed by atoms with E-state index in [2.05, 4.69) is 0 Å². The second-order valence-corrected chi connectivity index (χ2v) is 3.79. The first-order valence-corrected chi connectivity index (χ1v) is 4.63. The Morgan fingerprint density at radius 3 is 2.62 bits per heavy atom. The fourth-order valence-electron chi connectivity index (χ4n) is 1.45. The van der Waals surface area contributed by atoms with E-state index in [9.17, 15) is 4.79 Å². The van der Waals surface area contributed by atoms with Crippen molar-refractivity contribution in [3.8, 4) is 0 Å². The summed E-state index contributed by atoms with van der Waals surface area (Å²) >= 11 is 0. The minimum Gasteiger partial charge on any atom is -0.372 e. The van der Waals surface area contributed by atoms with Gasteiger partial charge < -0.3 is 15.4 Å². The molecule has 13 heavy (non-hydrogen) atoms. The van der Waals surface area contributed by atoms with Crippen LogP contribution in [-0.2, 0) is 9.53 Å². The van der Waals surface area contributed by atoms with Crippen molar-refractivity contribution in [1.29, 1.82) is 0 Å². The van der Waals surface area contributed by atoms with Crippen molar-refractivity contribution in [2.75, 3.05) is 20.2 Å². The molecule has 76 valence electrons. The number of hydrogen-bond donors (Lipinski definition) is 1. The molecule has 0 aromatic carbocycles. The molecule has 1 aliphatic heterocycles. The molecule has 4 heteroatoms. The van der Waals surface area contributed by atoms with E-state index < -0.39 is 0 Å². The molecule has 0 saturated carbocycles. The minimum atomic E-state index is -0.346. The summed E-state index contributed by atoms with van der Waals surface area (Å²) < 4.78 is 4.94. The molecular formula is C9H18N2O2. The maximum atomic E-state index is 11.5. The molecule has 0 spiro atoms. The van der Waals surface area contributed by atoms with E-state index in [4.69, 9.17) is 10.5 Å². The summed E-state index contributed by atoms with van der Waals surface area (Å²) in [5.74, 6) is 0.0389. The molecule has 1 amide bonds. The Kier molecular flexibility index (Phi) is 2.93. The van der Waals surface area contributed by atoms with Gasteiger partial charge in [-0.3, -0.25) is 4.79 Å². The molecule has 1 atom stereocenters. The lowest BCUT2D eigenvalue weighted by Crippen LogP contribution is -2.69. The van der Waals surface area contributed by atoms with E-state index in [1.54, 1.807) is 11.8 Å². The zero-order valence-electron chi connectivity index (χ0n) is 8.54. The number of hydrogen-bond acceptors (Lipinski definition) is 3. The molecule has 0 bridgehead atoms. The molecule has 1 saturated heterocycles. The average molecular weight is 186 g/mol. The van der Waals surface area contributed by atoms with Gasteiger partial charge >= 0.3 is 0 Å². The Balaban J connectivity index is 2.39. The largest absolute Gasteiger partial charge is 0.372 e. The van der Waals surface area contributed by atoms with Crippen LogP contribution in [0.4, 0.5) is 0 Å². The van der Waals surface area contributed by atoms with E-state index >= 15 is 0 Å². The second kappa shape index (κ2) is 3.64. The van der Waals surface area contributed by atoms with Gasteiger partial charge in [-0.1, -0.05) is 6.92 Å². The summed E-state index contributed by atoms with van der Waals surface area (Å²) in [6, 6.07) is 0. The molecule has 0 radical (unpaired) electrons. The molecule has 0 aromatic rings. The van der Waals surface area contributed by atoms with E-state index in [1.807, 2.05) is 6.92 Å². The van der Waals surface area contributed by atoms with Gasteiger partial charge in [0.15, 0.2) is 0 Å². The summed E-state index contributed by atoms with van der Waals surface area (Å²) in [6.07, 6.45) is 0.569. The normalized spacial score (nSPS) is 22.3. The average Bonchev–Trinajstić information content (AvgIpc) is 2.10. The van der Waals surface area contributed by atoms with E-state index in [0.717, 1.165) is 6.42 Å².